The maximum atomic E-state index is 10.6. The summed E-state index contributed by atoms with van der Waals surface area (Å²) in [5.41, 5.74) is 0. The quantitative estimate of drug-likeness (QED) is 0.507. The number of carbonyl (C=O) groups is 1. The van der Waals surface area contributed by atoms with Crippen molar-refractivity contribution in [3.05, 3.63) is 0 Å². The molecule has 0 spiro atoms. The lowest BCUT2D eigenvalue weighted by Crippen LogP contribution is -1.98. The summed E-state index contributed by atoms with van der Waals surface area (Å²) in [4.78, 5) is 10.6. The number of epoxide rings is 1. The van der Waals surface area contributed by atoms with Gasteiger partial charge < -0.3 is 4.74 Å². The second kappa shape index (κ2) is 2.27. The Morgan fingerprint density at radius 1 is 1.88 bits per heavy atom. The monoisotopic (exact) mass is 114 g/mol. The predicted molar refractivity (Wildman–Crippen MR) is 29.7 cm³/mol. The zero-order valence-electron chi connectivity index (χ0n) is 5.02. The minimum atomic E-state index is 0.280. The van der Waals surface area contributed by atoms with Crippen LogP contribution in [0.1, 0.15) is 19.8 Å². The molecule has 1 atom stereocenters. The molecule has 1 aliphatic heterocycles. The van der Waals surface area contributed by atoms with E-state index in [-0.39, 0.29) is 6.10 Å². The highest BCUT2D eigenvalue weighted by Gasteiger charge is 2.24. The summed E-state index contributed by atoms with van der Waals surface area (Å²) >= 11 is 0. The number of hydrogen-bond donors (Lipinski definition) is 0. The van der Waals surface area contributed by atoms with Gasteiger partial charge in [0.05, 0.1) is 12.7 Å². The molecule has 1 saturated heterocycles. The first-order chi connectivity index (χ1) is 3.83. The molecule has 0 bridgehead atoms. The summed E-state index contributed by atoms with van der Waals surface area (Å²) in [6, 6.07) is 0. The summed E-state index contributed by atoms with van der Waals surface area (Å²) in [5.74, 6) is 0.313. The molecular formula is C6H10O2. The Hall–Kier alpha value is -0.370. The van der Waals surface area contributed by atoms with Crippen LogP contribution in [0.4, 0.5) is 0 Å². The van der Waals surface area contributed by atoms with Crippen LogP contribution in [-0.4, -0.2) is 18.5 Å². The van der Waals surface area contributed by atoms with E-state index in [4.69, 9.17) is 4.74 Å². The van der Waals surface area contributed by atoms with Gasteiger partial charge in [0.1, 0.15) is 5.78 Å². The second-order valence-corrected chi connectivity index (χ2v) is 2.05. The summed E-state index contributed by atoms with van der Waals surface area (Å²) in [5, 5.41) is 0. The van der Waals surface area contributed by atoms with Crippen molar-refractivity contribution in [2.75, 3.05) is 6.61 Å². The SMILES string of the molecule is CCC(=O)CC1CO1. The molecule has 0 aromatic rings. The number of ether oxygens (including phenoxy) is 1. The molecule has 0 radical (unpaired) electrons. The first-order valence-corrected chi connectivity index (χ1v) is 2.96. The van der Waals surface area contributed by atoms with Crippen molar-refractivity contribution >= 4 is 5.78 Å². The minimum absolute atomic E-state index is 0.280. The van der Waals surface area contributed by atoms with E-state index >= 15 is 0 Å². The maximum Gasteiger partial charge on any atom is 0.135 e. The van der Waals surface area contributed by atoms with Gasteiger partial charge in [-0.25, -0.2) is 0 Å². The van der Waals surface area contributed by atoms with Crippen molar-refractivity contribution in [1.82, 2.24) is 0 Å². The number of rotatable bonds is 3. The lowest BCUT2D eigenvalue weighted by atomic mass is 10.2. The molecular weight excluding hydrogens is 104 g/mol. The van der Waals surface area contributed by atoms with Crippen LogP contribution in [-0.2, 0) is 9.53 Å². The van der Waals surface area contributed by atoms with Crippen molar-refractivity contribution in [1.29, 1.82) is 0 Å². The van der Waals surface area contributed by atoms with Crippen molar-refractivity contribution in [3.63, 3.8) is 0 Å². The third-order valence-electron chi connectivity index (χ3n) is 1.25. The standard InChI is InChI=1S/C6H10O2/c1-2-5(7)3-6-4-8-6/h6H,2-4H2,1H3. The molecule has 46 valence electrons. The maximum absolute atomic E-state index is 10.6. The molecule has 0 amide bonds. The number of Topliss-reactive ketones (excluding diaryl/α,β-unsaturated/α-hetero) is 1. The highest BCUT2D eigenvalue weighted by Crippen LogP contribution is 2.13. The number of carbonyl (C=O) groups excluding carboxylic acids is 1. The fourth-order valence-electron chi connectivity index (χ4n) is 0.584. The van der Waals surface area contributed by atoms with Gasteiger partial charge in [0.15, 0.2) is 0 Å². The summed E-state index contributed by atoms with van der Waals surface area (Å²) in [6.07, 6.45) is 1.57. The molecule has 8 heavy (non-hydrogen) atoms. The van der Waals surface area contributed by atoms with Crippen LogP contribution in [0.2, 0.25) is 0 Å². The fraction of sp³-hybridized carbons (Fsp3) is 0.833. The van der Waals surface area contributed by atoms with Crippen LogP contribution in [0.25, 0.3) is 0 Å². The van der Waals surface area contributed by atoms with Crippen LogP contribution in [0, 0.1) is 0 Å². The van der Waals surface area contributed by atoms with Crippen LogP contribution in [0.15, 0.2) is 0 Å². The van der Waals surface area contributed by atoms with E-state index in [1.165, 1.54) is 0 Å². The topological polar surface area (TPSA) is 29.6 Å². The smallest absolute Gasteiger partial charge is 0.135 e. The van der Waals surface area contributed by atoms with Crippen LogP contribution >= 0.6 is 0 Å². The molecule has 2 heteroatoms. The lowest BCUT2D eigenvalue weighted by molar-refractivity contribution is -0.119. The third kappa shape index (κ3) is 1.62. The lowest BCUT2D eigenvalue weighted by Gasteiger charge is -1.87. The van der Waals surface area contributed by atoms with Crippen molar-refractivity contribution in [3.8, 4) is 0 Å². The van der Waals surface area contributed by atoms with Crippen LogP contribution in [0.3, 0.4) is 0 Å². The number of ketones is 1. The molecule has 2 nitrogen and oxygen atoms in total. The van der Waals surface area contributed by atoms with E-state index in [1.807, 2.05) is 6.92 Å². The Labute approximate surface area is 48.8 Å². The van der Waals surface area contributed by atoms with E-state index in [2.05, 4.69) is 0 Å². The number of hydrogen-bond acceptors (Lipinski definition) is 2. The van der Waals surface area contributed by atoms with Gasteiger partial charge >= 0.3 is 0 Å². The molecule has 0 aliphatic carbocycles. The molecule has 0 aromatic heterocycles. The van der Waals surface area contributed by atoms with E-state index < -0.39 is 0 Å². The van der Waals surface area contributed by atoms with Gasteiger partial charge in [-0.05, 0) is 0 Å². The molecule has 1 rings (SSSR count). The van der Waals surface area contributed by atoms with Gasteiger partial charge in [0.2, 0.25) is 0 Å². The molecule has 0 aromatic carbocycles. The normalized spacial score (nSPS) is 25.4. The zero-order valence-corrected chi connectivity index (χ0v) is 5.02. The fourth-order valence-corrected chi connectivity index (χ4v) is 0.584. The molecule has 1 fully saturated rings. The van der Waals surface area contributed by atoms with E-state index in [1.54, 1.807) is 0 Å². The van der Waals surface area contributed by atoms with E-state index in [9.17, 15) is 4.79 Å². The van der Waals surface area contributed by atoms with Gasteiger partial charge in [0, 0.05) is 12.8 Å². The average molecular weight is 114 g/mol. The van der Waals surface area contributed by atoms with Gasteiger partial charge in [0.25, 0.3) is 0 Å². The largest absolute Gasteiger partial charge is 0.373 e. The van der Waals surface area contributed by atoms with Crippen molar-refractivity contribution < 1.29 is 9.53 Å². The molecule has 0 N–H and O–H groups in total. The Bertz CT molecular complexity index is 94.7. The first kappa shape index (κ1) is 5.76. The van der Waals surface area contributed by atoms with E-state index in [0.29, 0.717) is 18.6 Å². The third-order valence-corrected chi connectivity index (χ3v) is 1.25. The van der Waals surface area contributed by atoms with Crippen LogP contribution < -0.4 is 0 Å². The minimum Gasteiger partial charge on any atom is -0.373 e. The summed E-state index contributed by atoms with van der Waals surface area (Å²) in [7, 11) is 0. The van der Waals surface area contributed by atoms with E-state index in [0.717, 1.165) is 6.61 Å². The van der Waals surface area contributed by atoms with Gasteiger partial charge in [-0.15, -0.1) is 0 Å². The van der Waals surface area contributed by atoms with Gasteiger partial charge in [-0.3, -0.25) is 4.79 Å². The van der Waals surface area contributed by atoms with Crippen LogP contribution in [0.5, 0.6) is 0 Å². The average Bonchev–Trinajstić information content (AvgIpc) is 2.50. The second-order valence-electron chi connectivity index (χ2n) is 2.05. The molecule has 1 aliphatic rings. The molecule has 0 saturated carbocycles. The Morgan fingerprint density at radius 2 is 2.50 bits per heavy atom. The van der Waals surface area contributed by atoms with Gasteiger partial charge in [-0.2, -0.15) is 0 Å². The highest BCUT2D eigenvalue weighted by molar-refractivity contribution is 5.78. The Morgan fingerprint density at radius 3 is 2.88 bits per heavy atom. The van der Waals surface area contributed by atoms with Gasteiger partial charge in [-0.1, -0.05) is 6.92 Å². The molecule has 1 heterocycles. The van der Waals surface area contributed by atoms with Crippen molar-refractivity contribution in [2.45, 2.75) is 25.9 Å². The summed E-state index contributed by atoms with van der Waals surface area (Å²) < 4.78 is 4.86. The Kier molecular flexibility index (Phi) is 1.63. The zero-order chi connectivity index (χ0) is 5.98. The highest BCUT2D eigenvalue weighted by atomic mass is 16.6. The predicted octanol–water partition coefficient (Wildman–Crippen LogP) is 0.754. The first-order valence-electron chi connectivity index (χ1n) is 2.96. The van der Waals surface area contributed by atoms with Crippen molar-refractivity contribution in [2.24, 2.45) is 0 Å². The molecule has 1 unspecified atom stereocenters. The Balaban J connectivity index is 2.07. The summed E-state index contributed by atoms with van der Waals surface area (Å²) in [6.45, 7) is 2.68.